The number of alkyl carbamates (subject to hydrolysis) is 2. The number of ketones is 2. The number of carbonyl (C=O) groups excluding carboxylic acids is 4. The molecule has 0 fully saturated rings. The van der Waals surface area contributed by atoms with Crippen LogP contribution in [0.4, 0.5) is 21.0 Å². The lowest BCUT2D eigenvalue weighted by Crippen LogP contribution is -2.35. The summed E-state index contributed by atoms with van der Waals surface area (Å²) in [4.78, 5) is 93.0. The van der Waals surface area contributed by atoms with Crippen LogP contribution >= 0.6 is 0 Å². The number of carboxylic acid groups (broad SMARTS) is 4. The number of amides is 2. The molecule has 1 heterocycles. The molecule has 8 N–H and O–H groups in total. The molecule has 1 aliphatic carbocycles. The van der Waals surface area contributed by atoms with Crippen LogP contribution in [0, 0.1) is 0 Å². The molecular weight excluding hydrogens is 714 g/mol. The van der Waals surface area contributed by atoms with E-state index < -0.39 is 47.3 Å². The van der Waals surface area contributed by atoms with Gasteiger partial charge in [-0.15, -0.1) is 0 Å². The maximum Gasteiger partial charge on any atom is 0.407 e. The van der Waals surface area contributed by atoms with Gasteiger partial charge in [0.25, 0.3) is 0 Å². The zero-order valence-corrected chi connectivity index (χ0v) is 30.3. The summed E-state index contributed by atoms with van der Waals surface area (Å²) in [5.74, 6) is -5.67. The quantitative estimate of drug-likeness (QED) is 0.0972. The smallest absolute Gasteiger partial charge is 0.407 e. The zero-order chi connectivity index (χ0) is 41.2. The van der Waals surface area contributed by atoms with Crippen molar-refractivity contribution in [3.8, 4) is 0 Å². The van der Waals surface area contributed by atoms with Crippen molar-refractivity contribution in [2.24, 2.45) is 0 Å². The Morgan fingerprint density at radius 1 is 0.593 bits per heavy atom. The Bertz CT molecular complexity index is 1630. The second-order valence-corrected chi connectivity index (χ2v) is 12.7. The molecule has 2 amide bonds. The van der Waals surface area contributed by atoms with Crippen LogP contribution in [-0.2, 0) is 28.7 Å². The second-order valence-electron chi connectivity index (χ2n) is 12.7. The van der Waals surface area contributed by atoms with E-state index in [0.29, 0.717) is 48.8 Å². The molecule has 0 saturated carbocycles. The molecule has 1 aliphatic rings. The van der Waals surface area contributed by atoms with Crippen LogP contribution in [0.25, 0.3) is 0 Å². The van der Waals surface area contributed by atoms with E-state index in [2.05, 4.69) is 26.3 Å². The summed E-state index contributed by atoms with van der Waals surface area (Å²) in [6.45, 7) is 11.7. The Morgan fingerprint density at radius 2 is 0.944 bits per heavy atom. The molecule has 0 saturated heterocycles. The molecule has 1 aromatic heterocycles. The molecule has 2 aromatic rings. The van der Waals surface area contributed by atoms with Crippen molar-refractivity contribution in [1.82, 2.24) is 15.6 Å². The number of nitrogens with zero attached hydrogens (tertiary/aromatic N) is 1. The number of aromatic nitrogens is 1. The van der Waals surface area contributed by atoms with Crippen molar-refractivity contribution in [3.63, 3.8) is 0 Å². The number of hydrogen-bond donors (Lipinski definition) is 8. The van der Waals surface area contributed by atoms with Crippen molar-refractivity contribution in [2.45, 2.75) is 52.7 Å². The number of fused-ring (bicyclic) bond motifs is 2. The fraction of sp³-hybridized carbons (Fsp3) is 0.343. The summed E-state index contributed by atoms with van der Waals surface area (Å²) in [7, 11) is 0. The Hall–Kier alpha value is -6.79. The molecular formula is C35H43N5O14. The highest BCUT2D eigenvalue weighted by molar-refractivity contribution is 6.31. The molecule has 19 heteroatoms. The molecule has 0 spiro atoms. The average molecular weight is 758 g/mol. The molecule has 0 radical (unpaired) electrons. The third-order valence-corrected chi connectivity index (χ3v) is 5.92. The van der Waals surface area contributed by atoms with Gasteiger partial charge in [0.15, 0.2) is 11.6 Å². The van der Waals surface area contributed by atoms with Crippen molar-refractivity contribution >= 4 is 59.0 Å². The summed E-state index contributed by atoms with van der Waals surface area (Å²) in [6.07, 6.45) is 3.99. The fourth-order valence-electron chi connectivity index (χ4n) is 4.05. The molecule has 54 heavy (non-hydrogen) atoms. The second kappa shape index (κ2) is 20.9. The SMILES string of the molecule is CC(C)(C)OC(=O)NCCNc1ccc(NCCNC(=O)OC(C)(C)C)c2c1C(=O)c1ccncc1C2=O.O=C(O)/C=C\C(=O)O.O=C(O)/C=C\C(=O)O. The Balaban J connectivity index is 0.000000757. The van der Waals surface area contributed by atoms with Crippen molar-refractivity contribution in [1.29, 1.82) is 0 Å². The van der Waals surface area contributed by atoms with E-state index in [1.54, 1.807) is 53.7 Å². The van der Waals surface area contributed by atoms with Crippen LogP contribution in [0.3, 0.4) is 0 Å². The van der Waals surface area contributed by atoms with Gasteiger partial charge in [-0.2, -0.15) is 0 Å². The van der Waals surface area contributed by atoms with Crippen LogP contribution in [0.2, 0.25) is 0 Å². The highest BCUT2D eigenvalue weighted by Crippen LogP contribution is 2.36. The zero-order valence-electron chi connectivity index (χ0n) is 30.3. The number of ether oxygens (including phenoxy) is 2. The minimum Gasteiger partial charge on any atom is -0.478 e. The summed E-state index contributed by atoms with van der Waals surface area (Å²) >= 11 is 0. The van der Waals surface area contributed by atoms with Gasteiger partial charge < -0.3 is 51.2 Å². The predicted octanol–water partition coefficient (Wildman–Crippen LogP) is 3.15. The standard InChI is InChI=1S/C27H35N5O6.2C4H4O4/c1-26(2,3)37-24(35)31-13-11-29-18-7-8-19(30-12-14-32-25(36)38-27(4,5)6)21-20(18)22(33)16-9-10-28-15-17(16)23(21)34;2*5-3(6)1-2-4(7)8/h7-10,15,29-30H,11-14H2,1-6H3,(H,31,35)(H,32,36);2*1-2H,(H,5,6)(H,7,8)/b;2*2-1-. The van der Waals surface area contributed by atoms with Crippen LogP contribution in [0.5, 0.6) is 0 Å². The topological polar surface area (TPSA) is 297 Å². The largest absolute Gasteiger partial charge is 0.478 e. The molecule has 19 nitrogen and oxygen atoms in total. The number of anilines is 2. The van der Waals surface area contributed by atoms with Crippen molar-refractivity contribution in [2.75, 3.05) is 36.8 Å². The Labute approximate surface area is 309 Å². The maximum atomic E-state index is 13.5. The van der Waals surface area contributed by atoms with Crippen LogP contribution in [-0.4, -0.2) is 110 Å². The van der Waals surface area contributed by atoms with Gasteiger partial charge in [-0.05, 0) is 59.7 Å². The van der Waals surface area contributed by atoms with Crippen LogP contribution < -0.4 is 21.3 Å². The molecule has 0 aliphatic heterocycles. The van der Waals surface area contributed by atoms with Crippen LogP contribution in [0.15, 0.2) is 54.9 Å². The summed E-state index contributed by atoms with van der Waals surface area (Å²) in [5, 5.41) is 42.8. The number of carbonyl (C=O) groups is 8. The Kier molecular flexibility index (Phi) is 17.5. The molecule has 292 valence electrons. The van der Waals surface area contributed by atoms with Crippen molar-refractivity contribution < 1.29 is 68.3 Å². The van der Waals surface area contributed by atoms with Crippen molar-refractivity contribution in [3.05, 3.63) is 77.2 Å². The van der Waals surface area contributed by atoms with E-state index in [1.165, 1.54) is 18.5 Å². The molecule has 0 atom stereocenters. The van der Waals surface area contributed by atoms with E-state index in [9.17, 15) is 38.4 Å². The van der Waals surface area contributed by atoms with E-state index in [-0.39, 0.29) is 46.9 Å². The lowest BCUT2D eigenvalue weighted by molar-refractivity contribution is -0.134. The van der Waals surface area contributed by atoms with E-state index in [1.807, 2.05) is 0 Å². The number of benzene rings is 1. The lowest BCUT2D eigenvalue weighted by atomic mass is 9.83. The normalized spacial score (nSPS) is 11.7. The van der Waals surface area contributed by atoms with Gasteiger partial charge in [-0.1, -0.05) is 0 Å². The number of pyridine rings is 1. The summed E-state index contributed by atoms with van der Waals surface area (Å²) in [6, 6.07) is 4.92. The Morgan fingerprint density at radius 3 is 1.28 bits per heavy atom. The van der Waals surface area contributed by atoms with Crippen LogP contribution in [0.1, 0.15) is 73.4 Å². The number of hydrogen-bond acceptors (Lipinski definition) is 13. The lowest BCUT2D eigenvalue weighted by Gasteiger charge is -2.24. The fourth-order valence-corrected chi connectivity index (χ4v) is 4.05. The molecule has 3 rings (SSSR count). The first kappa shape index (κ1) is 45.2. The van der Waals surface area contributed by atoms with Gasteiger partial charge in [0.05, 0.1) is 16.7 Å². The van der Waals surface area contributed by atoms with Gasteiger partial charge in [0.1, 0.15) is 11.2 Å². The molecule has 0 unspecified atom stereocenters. The van der Waals surface area contributed by atoms with Gasteiger partial charge in [0.2, 0.25) is 0 Å². The highest BCUT2D eigenvalue weighted by Gasteiger charge is 2.34. The summed E-state index contributed by atoms with van der Waals surface area (Å²) < 4.78 is 10.5. The predicted molar refractivity (Wildman–Crippen MR) is 192 cm³/mol. The minimum atomic E-state index is -1.26. The maximum absolute atomic E-state index is 13.5. The first-order valence-electron chi connectivity index (χ1n) is 15.9. The average Bonchev–Trinajstić information content (AvgIpc) is 3.04. The first-order chi connectivity index (χ1) is 25.0. The van der Waals surface area contributed by atoms with Gasteiger partial charge in [0, 0.05) is 79.8 Å². The van der Waals surface area contributed by atoms with Gasteiger partial charge in [-0.25, -0.2) is 28.8 Å². The number of rotatable bonds is 12. The number of aliphatic carboxylic acids is 4. The third kappa shape index (κ3) is 17.4. The number of carboxylic acids is 4. The van der Waals surface area contributed by atoms with E-state index in [0.717, 1.165) is 0 Å². The van der Waals surface area contributed by atoms with E-state index >= 15 is 0 Å². The number of nitrogens with one attached hydrogen (secondary N) is 4. The third-order valence-electron chi connectivity index (χ3n) is 5.92. The van der Waals surface area contributed by atoms with Gasteiger partial charge >= 0.3 is 36.1 Å². The highest BCUT2D eigenvalue weighted by atomic mass is 16.6. The molecule has 0 bridgehead atoms. The van der Waals surface area contributed by atoms with E-state index in [4.69, 9.17) is 29.9 Å². The molecule has 1 aromatic carbocycles. The minimum absolute atomic E-state index is 0.220. The first-order valence-corrected chi connectivity index (χ1v) is 15.9. The summed E-state index contributed by atoms with van der Waals surface area (Å²) in [5.41, 5.74) is 0.640. The van der Waals surface area contributed by atoms with Gasteiger partial charge in [-0.3, -0.25) is 14.6 Å². The monoisotopic (exact) mass is 757 g/mol.